The molecule has 3 rings (SSSR count). The Kier molecular flexibility index (Phi) is 6.60. The van der Waals surface area contributed by atoms with E-state index in [1.54, 1.807) is 47.4 Å². The summed E-state index contributed by atoms with van der Waals surface area (Å²) in [6, 6.07) is 10.3. The van der Waals surface area contributed by atoms with Crippen LogP contribution < -0.4 is 15.0 Å². The van der Waals surface area contributed by atoms with Crippen LogP contribution in [0.15, 0.2) is 42.5 Å². The monoisotopic (exact) mass is 418 g/mol. The van der Waals surface area contributed by atoms with Crippen LogP contribution in [0, 0.1) is 0 Å². The number of hydrogen-bond acceptors (Lipinski definition) is 3. The lowest BCUT2D eigenvalue weighted by Crippen LogP contribution is -2.39. The fourth-order valence-electron chi connectivity index (χ4n) is 2.83. The van der Waals surface area contributed by atoms with Crippen molar-refractivity contribution in [3.05, 3.63) is 58.1 Å². The molecular weight excluding hydrogens is 399 g/mol. The first-order valence-corrected chi connectivity index (χ1v) is 9.75. The van der Waals surface area contributed by atoms with Crippen molar-refractivity contribution in [3.8, 4) is 5.75 Å². The van der Waals surface area contributed by atoms with Gasteiger partial charge in [0.25, 0.3) is 5.91 Å². The molecule has 0 bridgehead atoms. The Morgan fingerprint density at radius 1 is 1.25 bits per heavy atom. The zero-order valence-electron chi connectivity index (χ0n) is 15.4. The quantitative estimate of drug-likeness (QED) is 0.658. The number of carbonyl (C=O) groups excluding carboxylic acids is 2. The lowest BCUT2D eigenvalue weighted by molar-refractivity contribution is -0.121. The van der Waals surface area contributed by atoms with Crippen LogP contribution in [0.1, 0.15) is 25.3 Å². The number of unbranched alkanes of at least 4 members (excludes halogenated alkanes) is 1. The van der Waals surface area contributed by atoms with Gasteiger partial charge in [-0.25, -0.2) is 0 Å². The molecule has 1 aliphatic rings. The van der Waals surface area contributed by atoms with Crippen LogP contribution in [0.25, 0.3) is 6.08 Å². The van der Waals surface area contributed by atoms with Crippen LogP contribution >= 0.6 is 23.2 Å². The molecule has 0 saturated carbocycles. The second kappa shape index (κ2) is 9.13. The molecule has 0 saturated heterocycles. The van der Waals surface area contributed by atoms with Crippen molar-refractivity contribution in [1.29, 1.82) is 0 Å². The fourth-order valence-corrected chi connectivity index (χ4v) is 3.30. The number of anilines is 2. The summed E-state index contributed by atoms with van der Waals surface area (Å²) in [6.45, 7) is 2.73. The van der Waals surface area contributed by atoms with E-state index in [4.69, 9.17) is 27.9 Å². The summed E-state index contributed by atoms with van der Waals surface area (Å²) < 4.78 is 5.49. The van der Waals surface area contributed by atoms with Gasteiger partial charge in [0.05, 0.1) is 5.69 Å². The average Bonchev–Trinajstić information content (AvgIpc) is 2.66. The highest BCUT2D eigenvalue weighted by molar-refractivity contribution is 6.35. The molecule has 0 aromatic heterocycles. The minimum absolute atomic E-state index is 0.0347. The van der Waals surface area contributed by atoms with E-state index in [9.17, 15) is 9.59 Å². The normalized spacial score (nSPS) is 13.4. The molecule has 1 heterocycles. The smallest absolute Gasteiger partial charge is 0.265 e. The number of ether oxygens (including phenoxy) is 1. The molecule has 2 aromatic carbocycles. The Labute approximate surface area is 173 Å². The standard InChI is InChI=1S/C21H20Cl2N2O3/c1-2-3-10-25-18-12-16(7-8-19(18)28-13-21(25)27)24-20(26)9-5-14-4-6-15(22)11-17(14)23/h4-9,11-12H,2-3,10,13H2,1H3,(H,24,26)/b9-5+. The third-order valence-corrected chi connectivity index (χ3v) is 4.84. The number of fused-ring (bicyclic) bond motifs is 1. The molecule has 0 atom stereocenters. The number of hydrogen-bond donors (Lipinski definition) is 1. The number of halogens is 2. The number of nitrogens with zero attached hydrogens (tertiary/aromatic N) is 1. The van der Waals surface area contributed by atoms with Crippen molar-refractivity contribution in [1.82, 2.24) is 0 Å². The van der Waals surface area contributed by atoms with Crippen LogP contribution in [-0.4, -0.2) is 25.0 Å². The Morgan fingerprint density at radius 3 is 2.82 bits per heavy atom. The third-order valence-electron chi connectivity index (χ3n) is 4.28. The molecule has 1 N–H and O–H groups in total. The lowest BCUT2D eigenvalue weighted by atomic mass is 10.2. The molecule has 7 heteroatoms. The van der Waals surface area contributed by atoms with Crippen molar-refractivity contribution in [2.24, 2.45) is 0 Å². The molecule has 1 aliphatic heterocycles. The van der Waals surface area contributed by atoms with E-state index in [2.05, 4.69) is 12.2 Å². The number of rotatable bonds is 6. The van der Waals surface area contributed by atoms with Crippen molar-refractivity contribution in [3.63, 3.8) is 0 Å². The van der Waals surface area contributed by atoms with Gasteiger partial charge >= 0.3 is 0 Å². The number of benzene rings is 2. The number of nitrogens with one attached hydrogen (secondary N) is 1. The maximum Gasteiger partial charge on any atom is 0.265 e. The molecule has 5 nitrogen and oxygen atoms in total. The zero-order chi connectivity index (χ0) is 20.1. The highest BCUT2D eigenvalue weighted by atomic mass is 35.5. The van der Waals surface area contributed by atoms with E-state index in [0.29, 0.717) is 39.3 Å². The minimum Gasteiger partial charge on any atom is -0.482 e. The molecule has 146 valence electrons. The molecule has 0 aliphatic carbocycles. The third kappa shape index (κ3) is 4.86. The van der Waals surface area contributed by atoms with Gasteiger partial charge in [0.2, 0.25) is 5.91 Å². The maximum atomic E-state index is 12.3. The van der Waals surface area contributed by atoms with Gasteiger partial charge < -0.3 is 15.0 Å². The molecule has 2 amide bonds. The summed E-state index contributed by atoms with van der Waals surface area (Å²) in [6.07, 6.45) is 4.89. The van der Waals surface area contributed by atoms with Crippen molar-refractivity contribution in [2.75, 3.05) is 23.4 Å². The van der Waals surface area contributed by atoms with E-state index >= 15 is 0 Å². The summed E-state index contributed by atoms with van der Waals surface area (Å²) in [5, 5.41) is 3.79. The van der Waals surface area contributed by atoms with Crippen LogP contribution in [0.2, 0.25) is 10.0 Å². The first kappa shape index (κ1) is 20.2. The summed E-state index contributed by atoms with van der Waals surface area (Å²) >= 11 is 12.0. The van der Waals surface area contributed by atoms with Gasteiger partial charge in [-0.3, -0.25) is 9.59 Å². The van der Waals surface area contributed by atoms with Gasteiger partial charge in [0.1, 0.15) is 5.75 Å². The predicted octanol–water partition coefficient (Wildman–Crippen LogP) is 5.17. The molecule has 0 spiro atoms. The lowest BCUT2D eigenvalue weighted by Gasteiger charge is -2.29. The highest BCUT2D eigenvalue weighted by Gasteiger charge is 2.25. The number of carbonyl (C=O) groups is 2. The van der Waals surface area contributed by atoms with Crippen molar-refractivity contribution >= 4 is 52.5 Å². The van der Waals surface area contributed by atoms with Gasteiger partial charge in [-0.15, -0.1) is 0 Å². The molecule has 2 aromatic rings. The Morgan fingerprint density at radius 2 is 2.07 bits per heavy atom. The highest BCUT2D eigenvalue weighted by Crippen LogP contribution is 2.34. The largest absolute Gasteiger partial charge is 0.482 e. The maximum absolute atomic E-state index is 12.3. The Bertz CT molecular complexity index is 928. The zero-order valence-corrected chi connectivity index (χ0v) is 16.9. The summed E-state index contributed by atoms with van der Waals surface area (Å²) in [5.41, 5.74) is 1.94. The summed E-state index contributed by atoms with van der Waals surface area (Å²) in [7, 11) is 0. The average molecular weight is 419 g/mol. The summed E-state index contributed by atoms with van der Waals surface area (Å²) in [5.74, 6) is 0.244. The number of amides is 2. The first-order chi connectivity index (χ1) is 13.5. The molecule has 0 radical (unpaired) electrons. The second-order valence-electron chi connectivity index (χ2n) is 6.36. The van der Waals surface area contributed by atoms with Gasteiger partial charge in [0.15, 0.2) is 6.61 Å². The Hall–Kier alpha value is -2.50. The van der Waals surface area contributed by atoms with Gasteiger partial charge in [0, 0.05) is 28.4 Å². The van der Waals surface area contributed by atoms with Crippen LogP contribution in [0.4, 0.5) is 11.4 Å². The molecular formula is C21H20Cl2N2O3. The molecule has 0 fully saturated rings. The topological polar surface area (TPSA) is 58.6 Å². The van der Waals surface area contributed by atoms with Crippen molar-refractivity contribution in [2.45, 2.75) is 19.8 Å². The van der Waals surface area contributed by atoms with Gasteiger partial charge in [-0.1, -0.05) is 42.6 Å². The van der Waals surface area contributed by atoms with Crippen LogP contribution in [-0.2, 0) is 9.59 Å². The van der Waals surface area contributed by atoms with Crippen LogP contribution in [0.5, 0.6) is 5.75 Å². The van der Waals surface area contributed by atoms with E-state index < -0.39 is 0 Å². The first-order valence-electron chi connectivity index (χ1n) is 8.99. The minimum atomic E-state index is -0.311. The summed E-state index contributed by atoms with van der Waals surface area (Å²) in [4.78, 5) is 26.2. The van der Waals surface area contributed by atoms with Crippen molar-refractivity contribution < 1.29 is 14.3 Å². The Balaban J connectivity index is 1.74. The second-order valence-corrected chi connectivity index (χ2v) is 7.20. The molecule has 0 unspecified atom stereocenters. The molecule has 28 heavy (non-hydrogen) atoms. The SMILES string of the molecule is CCCCN1C(=O)COc2ccc(NC(=O)/C=C/c3ccc(Cl)cc3Cl)cc21. The van der Waals surface area contributed by atoms with E-state index in [0.717, 1.165) is 12.8 Å². The van der Waals surface area contributed by atoms with E-state index in [1.165, 1.54) is 6.08 Å². The van der Waals surface area contributed by atoms with Gasteiger partial charge in [-0.2, -0.15) is 0 Å². The van der Waals surface area contributed by atoms with E-state index in [-0.39, 0.29) is 18.4 Å². The van der Waals surface area contributed by atoms with E-state index in [1.807, 2.05) is 0 Å². The van der Waals surface area contributed by atoms with Crippen LogP contribution in [0.3, 0.4) is 0 Å². The fraction of sp³-hybridized carbons (Fsp3) is 0.238. The van der Waals surface area contributed by atoms with Gasteiger partial charge in [-0.05, 0) is 48.4 Å². The predicted molar refractivity (Wildman–Crippen MR) is 113 cm³/mol.